The van der Waals surface area contributed by atoms with Crippen LogP contribution in [0.25, 0.3) is 11.0 Å². The van der Waals surface area contributed by atoms with Crippen LogP contribution in [0.2, 0.25) is 0 Å². The predicted octanol–water partition coefficient (Wildman–Crippen LogP) is 5.28. The van der Waals surface area contributed by atoms with E-state index in [4.69, 9.17) is 4.42 Å². The first-order valence-corrected chi connectivity index (χ1v) is 11.1. The smallest absolute Gasteiger partial charge is 0.297 e. The number of rotatable bonds is 3. The summed E-state index contributed by atoms with van der Waals surface area (Å²) in [7, 11) is 0. The molecule has 150 valence electrons. The Balaban J connectivity index is 1.78. The first kappa shape index (κ1) is 19.1. The Morgan fingerprint density at radius 1 is 1.13 bits per heavy atom. The first-order chi connectivity index (χ1) is 14.5. The maximum atomic E-state index is 13.5. The fourth-order valence-corrected chi connectivity index (χ4v) is 4.74. The van der Waals surface area contributed by atoms with Crippen molar-refractivity contribution in [2.75, 3.05) is 4.90 Å². The Bertz CT molecular complexity index is 1330. The summed E-state index contributed by atoms with van der Waals surface area (Å²) in [6.45, 7) is 4.24. The summed E-state index contributed by atoms with van der Waals surface area (Å²) in [6, 6.07) is 12.5. The molecule has 1 aliphatic heterocycles. The van der Waals surface area contributed by atoms with Crippen molar-refractivity contribution in [1.82, 2.24) is 10.2 Å². The number of nitrogens with zero attached hydrogens (tertiary/aromatic N) is 3. The Labute approximate surface area is 184 Å². The normalized spacial score (nSPS) is 15.9. The molecule has 0 bridgehead atoms. The highest BCUT2D eigenvalue weighted by molar-refractivity contribution is 9.10. The van der Waals surface area contributed by atoms with Gasteiger partial charge in [0.2, 0.25) is 10.9 Å². The fourth-order valence-electron chi connectivity index (χ4n) is 3.79. The third-order valence-electron chi connectivity index (χ3n) is 5.31. The number of carbonyl (C=O) groups excluding carboxylic acids is 1. The van der Waals surface area contributed by atoms with Crippen LogP contribution >= 0.6 is 27.3 Å². The minimum atomic E-state index is -0.624. The number of amides is 1. The highest BCUT2D eigenvalue weighted by Crippen LogP contribution is 2.41. The van der Waals surface area contributed by atoms with Gasteiger partial charge in [0.1, 0.15) is 11.1 Å². The zero-order valence-corrected chi connectivity index (χ0v) is 18.5. The number of aromatic nitrogens is 2. The summed E-state index contributed by atoms with van der Waals surface area (Å²) in [6.07, 6.45) is 0. The molecule has 2 aromatic heterocycles. The van der Waals surface area contributed by atoms with E-state index in [2.05, 4.69) is 40.0 Å². The van der Waals surface area contributed by atoms with E-state index < -0.39 is 6.04 Å². The lowest BCUT2D eigenvalue weighted by Gasteiger charge is -2.22. The van der Waals surface area contributed by atoms with Crippen molar-refractivity contribution in [1.29, 1.82) is 0 Å². The molecular weight excluding hydrogens is 466 g/mol. The quantitative estimate of drug-likeness (QED) is 0.397. The van der Waals surface area contributed by atoms with Crippen LogP contribution in [0, 0.1) is 0 Å². The van der Waals surface area contributed by atoms with Gasteiger partial charge in [0.15, 0.2) is 5.43 Å². The molecule has 5 rings (SSSR count). The molecule has 1 aliphatic rings. The van der Waals surface area contributed by atoms with Gasteiger partial charge < -0.3 is 4.42 Å². The monoisotopic (exact) mass is 481 g/mol. The molecule has 3 heterocycles. The van der Waals surface area contributed by atoms with Crippen LogP contribution < -0.4 is 10.3 Å². The van der Waals surface area contributed by atoms with E-state index in [1.807, 2.05) is 24.3 Å². The van der Waals surface area contributed by atoms with Gasteiger partial charge in [0.25, 0.3) is 5.91 Å². The highest BCUT2D eigenvalue weighted by Gasteiger charge is 2.44. The van der Waals surface area contributed by atoms with Crippen LogP contribution in [0.15, 0.2) is 61.7 Å². The topological polar surface area (TPSA) is 76.3 Å². The highest BCUT2D eigenvalue weighted by atomic mass is 79.9. The van der Waals surface area contributed by atoms with E-state index in [0.717, 1.165) is 10.0 Å². The van der Waals surface area contributed by atoms with Crippen molar-refractivity contribution >= 4 is 49.3 Å². The van der Waals surface area contributed by atoms with Crippen LogP contribution in [-0.4, -0.2) is 16.1 Å². The summed E-state index contributed by atoms with van der Waals surface area (Å²) in [5, 5.41) is 8.82. The largest absolute Gasteiger partial charge is 0.450 e. The molecule has 0 N–H and O–H groups in total. The Hall–Kier alpha value is -2.84. The van der Waals surface area contributed by atoms with Crippen molar-refractivity contribution in [3.8, 4) is 0 Å². The van der Waals surface area contributed by atoms with Gasteiger partial charge in [-0.1, -0.05) is 65.4 Å². The van der Waals surface area contributed by atoms with Gasteiger partial charge in [-0.3, -0.25) is 14.5 Å². The molecule has 1 amide bonds. The van der Waals surface area contributed by atoms with Crippen molar-refractivity contribution < 1.29 is 9.21 Å². The predicted molar refractivity (Wildman–Crippen MR) is 119 cm³/mol. The Morgan fingerprint density at radius 2 is 1.90 bits per heavy atom. The maximum absolute atomic E-state index is 13.5. The molecule has 1 unspecified atom stereocenters. The molecule has 6 nitrogen and oxygen atoms in total. The van der Waals surface area contributed by atoms with Crippen LogP contribution in [0.3, 0.4) is 0 Å². The second-order valence-corrected chi connectivity index (χ2v) is 9.16. The lowest BCUT2D eigenvalue weighted by molar-refractivity contribution is 0.0970. The molecule has 8 heteroatoms. The lowest BCUT2D eigenvalue weighted by Crippen LogP contribution is -2.29. The average Bonchev–Trinajstić information content (AvgIpc) is 3.35. The first-order valence-electron chi connectivity index (χ1n) is 9.41. The molecule has 30 heavy (non-hydrogen) atoms. The van der Waals surface area contributed by atoms with Crippen LogP contribution in [0.4, 0.5) is 5.13 Å². The molecule has 0 spiro atoms. The second kappa shape index (κ2) is 7.14. The number of hydrogen-bond acceptors (Lipinski definition) is 6. The SMILES string of the molecule is CC(C)c1ccc(C2c3c(oc4ccc(Br)cc4c3=O)C(=O)N2c2nncs2)cc1. The number of halogens is 1. The number of anilines is 1. The lowest BCUT2D eigenvalue weighted by atomic mass is 9.95. The van der Waals surface area contributed by atoms with Crippen molar-refractivity contribution in [2.45, 2.75) is 25.8 Å². The second-order valence-electron chi connectivity index (χ2n) is 7.43. The van der Waals surface area contributed by atoms with E-state index >= 15 is 0 Å². The fraction of sp³-hybridized carbons (Fsp3) is 0.182. The Morgan fingerprint density at radius 3 is 2.57 bits per heavy atom. The number of carbonyl (C=O) groups is 1. The minimum Gasteiger partial charge on any atom is -0.450 e. The number of benzene rings is 2. The van der Waals surface area contributed by atoms with Gasteiger partial charge in [-0.05, 0) is 35.2 Å². The molecular formula is C22H16BrN3O3S. The zero-order valence-electron chi connectivity index (χ0n) is 16.1. The minimum absolute atomic E-state index is 0.0583. The molecule has 0 saturated heterocycles. The summed E-state index contributed by atoms with van der Waals surface area (Å²) in [5.41, 5.74) is 4.06. The summed E-state index contributed by atoms with van der Waals surface area (Å²) in [5.74, 6) is 0.0479. The van der Waals surface area contributed by atoms with Crippen LogP contribution in [0.5, 0.6) is 0 Å². The van der Waals surface area contributed by atoms with E-state index in [-0.39, 0.29) is 17.1 Å². The summed E-state index contributed by atoms with van der Waals surface area (Å²) < 4.78 is 6.71. The third kappa shape index (κ3) is 2.90. The van der Waals surface area contributed by atoms with Crippen LogP contribution in [0.1, 0.15) is 53.1 Å². The molecule has 1 atom stereocenters. The van der Waals surface area contributed by atoms with E-state index in [1.54, 1.807) is 23.7 Å². The molecule has 0 saturated carbocycles. The molecule has 4 aromatic rings. The van der Waals surface area contributed by atoms with Gasteiger partial charge in [-0.15, -0.1) is 10.2 Å². The van der Waals surface area contributed by atoms with E-state index in [1.165, 1.54) is 21.8 Å². The third-order valence-corrected chi connectivity index (χ3v) is 6.49. The van der Waals surface area contributed by atoms with E-state index in [9.17, 15) is 9.59 Å². The van der Waals surface area contributed by atoms with E-state index in [0.29, 0.717) is 27.6 Å². The molecule has 0 fully saturated rings. The van der Waals surface area contributed by atoms with Crippen molar-refractivity contribution in [3.05, 3.63) is 85.1 Å². The average molecular weight is 482 g/mol. The van der Waals surface area contributed by atoms with Crippen molar-refractivity contribution in [3.63, 3.8) is 0 Å². The number of fused-ring (bicyclic) bond motifs is 2. The summed E-state index contributed by atoms with van der Waals surface area (Å²) in [4.78, 5) is 28.3. The van der Waals surface area contributed by atoms with Gasteiger partial charge in [0.05, 0.1) is 17.0 Å². The molecule has 0 aliphatic carbocycles. The number of hydrogen-bond donors (Lipinski definition) is 0. The van der Waals surface area contributed by atoms with Gasteiger partial charge in [-0.2, -0.15) is 0 Å². The Kier molecular flexibility index (Phi) is 4.56. The zero-order chi connectivity index (χ0) is 21.0. The maximum Gasteiger partial charge on any atom is 0.297 e. The molecule has 0 radical (unpaired) electrons. The summed E-state index contributed by atoms with van der Waals surface area (Å²) >= 11 is 4.65. The standard InChI is InChI=1S/C22H16BrN3O3S/c1-11(2)12-3-5-13(6-4-12)18-17-19(27)15-9-14(23)7-8-16(15)29-20(17)21(28)26(18)22-25-24-10-30-22/h3-11,18H,1-2H3. The molecule has 2 aromatic carbocycles. The van der Waals surface area contributed by atoms with Crippen molar-refractivity contribution in [2.24, 2.45) is 0 Å². The van der Waals surface area contributed by atoms with Gasteiger partial charge >= 0.3 is 0 Å². The van der Waals surface area contributed by atoms with Gasteiger partial charge in [0, 0.05) is 4.47 Å². The van der Waals surface area contributed by atoms with Crippen LogP contribution in [-0.2, 0) is 0 Å². The van der Waals surface area contributed by atoms with Gasteiger partial charge in [-0.25, -0.2) is 0 Å².